The number of allylic oxidation sites excluding steroid dienone is 2. The second-order valence-corrected chi connectivity index (χ2v) is 5.51. The summed E-state index contributed by atoms with van der Waals surface area (Å²) in [6.07, 6.45) is 7.73. The molecule has 0 saturated heterocycles. The van der Waals surface area contributed by atoms with Crippen molar-refractivity contribution in [2.45, 2.75) is 46.0 Å². The minimum absolute atomic E-state index is 0.213. The van der Waals surface area contributed by atoms with E-state index in [0.717, 1.165) is 40.4 Å². The standard InChI is InChI=1S/C13H17NOS/c1-9-13(16-10(2)14-9)12(15)11-7-5-3-4-6-8-11/h7H,3-6,8H2,1-2H3. The van der Waals surface area contributed by atoms with Crippen LogP contribution in [0.1, 0.15) is 52.5 Å². The Morgan fingerprint density at radius 2 is 2.12 bits per heavy atom. The minimum atomic E-state index is 0.213. The molecule has 0 aliphatic heterocycles. The van der Waals surface area contributed by atoms with Crippen LogP contribution in [-0.4, -0.2) is 10.8 Å². The number of carbonyl (C=O) groups is 1. The topological polar surface area (TPSA) is 30.0 Å². The lowest BCUT2D eigenvalue weighted by atomic mass is 10.0. The lowest BCUT2D eigenvalue weighted by Gasteiger charge is -2.02. The molecule has 1 aromatic heterocycles. The fourth-order valence-corrected chi connectivity index (χ4v) is 3.00. The molecule has 2 nitrogen and oxygen atoms in total. The third-order valence-corrected chi connectivity index (χ3v) is 4.01. The van der Waals surface area contributed by atoms with Crippen molar-refractivity contribution in [2.75, 3.05) is 0 Å². The Kier molecular flexibility index (Phi) is 3.54. The number of hydrogen-bond acceptors (Lipinski definition) is 3. The molecule has 0 radical (unpaired) electrons. The Hall–Kier alpha value is -0.960. The van der Waals surface area contributed by atoms with Gasteiger partial charge in [0.15, 0.2) is 0 Å². The smallest absolute Gasteiger partial charge is 0.200 e. The van der Waals surface area contributed by atoms with E-state index in [9.17, 15) is 4.79 Å². The Bertz CT molecular complexity index is 431. The maximum Gasteiger partial charge on any atom is 0.200 e. The van der Waals surface area contributed by atoms with E-state index in [1.807, 2.05) is 13.8 Å². The molecule has 0 unspecified atom stereocenters. The van der Waals surface area contributed by atoms with Gasteiger partial charge in [-0.15, -0.1) is 11.3 Å². The molecule has 0 atom stereocenters. The van der Waals surface area contributed by atoms with E-state index in [1.165, 1.54) is 24.2 Å². The predicted octanol–water partition coefficient (Wildman–Crippen LogP) is 3.83. The minimum Gasteiger partial charge on any atom is -0.288 e. The Morgan fingerprint density at radius 3 is 2.81 bits per heavy atom. The van der Waals surface area contributed by atoms with Crippen molar-refractivity contribution < 1.29 is 4.79 Å². The summed E-state index contributed by atoms with van der Waals surface area (Å²) in [6.45, 7) is 3.88. The Morgan fingerprint density at radius 1 is 1.31 bits per heavy atom. The van der Waals surface area contributed by atoms with Crippen LogP contribution in [0.4, 0.5) is 0 Å². The number of ketones is 1. The van der Waals surface area contributed by atoms with Crippen LogP contribution >= 0.6 is 11.3 Å². The molecule has 1 aliphatic carbocycles. The zero-order valence-corrected chi connectivity index (χ0v) is 10.7. The molecule has 1 aromatic rings. The van der Waals surface area contributed by atoms with E-state index in [1.54, 1.807) is 0 Å². The average molecular weight is 235 g/mol. The lowest BCUT2D eigenvalue weighted by Crippen LogP contribution is -2.02. The fourth-order valence-electron chi connectivity index (χ4n) is 2.11. The van der Waals surface area contributed by atoms with Gasteiger partial charge in [-0.1, -0.05) is 12.5 Å². The second-order valence-electron chi connectivity index (χ2n) is 4.31. The van der Waals surface area contributed by atoms with Crippen LogP contribution < -0.4 is 0 Å². The number of thiazole rings is 1. The highest BCUT2D eigenvalue weighted by Crippen LogP contribution is 2.25. The zero-order valence-electron chi connectivity index (χ0n) is 9.88. The van der Waals surface area contributed by atoms with E-state index < -0.39 is 0 Å². The summed E-state index contributed by atoms with van der Waals surface area (Å²) in [5, 5.41) is 0.982. The molecule has 0 N–H and O–H groups in total. The van der Waals surface area contributed by atoms with E-state index >= 15 is 0 Å². The first-order chi connectivity index (χ1) is 7.68. The van der Waals surface area contributed by atoms with Crippen molar-refractivity contribution in [2.24, 2.45) is 0 Å². The molecule has 1 aliphatic rings. The van der Waals surface area contributed by atoms with E-state index in [0.29, 0.717) is 0 Å². The molecule has 0 aromatic carbocycles. The van der Waals surface area contributed by atoms with Gasteiger partial charge in [-0.2, -0.15) is 0 Å². The molecule has 0 fully saturated rings. The predicted molar refractivity (Wildman–Crippen MR) is 67.1 cm³/mol. The van der Waals surface area contributed by atoms with Crippen LogP contribution in [0.5, 0.6) is 0 Å². The normalized spacial score (nSPS) is 16.8. The van der Waals surface area contributed by atoms with Crippen LogP contribution in [0.3, 0.4) is 0 Å². The quantitative estimate of drug-likeness (QED) is 0.729. The van der Waals surface area contributed by atoms with E-state index in [2.05, 4.69) is 11.1 Å². The zero-order chi connectivity index (χ0) is 11.5. The van der Waals surface area contributed by atoms with Crippen molar-refractivity contribution in [3.8, 4) is 0 Å². The number of hydrogen-bond donors (Lipinski definition) is 0. The van der Waals surface area contributed by atoms with E-state index in [-0.39, 0.29) is 5.78 Å². The van der Waals surface area contributed by atoms with Crippen LogP contribution in [0.2, 0.25) is 0 Å². The van der Waals surface area contributed by atoms with Gasteiger partial charge in [-0.05, 0) is 45.1 Å². The first kappa shape index (κ1) is 11.5. The number of aromatic nitrogens is 1. The molecule has 2 rings (SSSR count). The molecule has 0 spiro atoms. The highest BCUT2D eigenvalue weighted by molar-refractivity contribution is 7.14. The van der Waals surface area contributed by atoms with Gasteiger partial charge in [0.1, 0.15) is 0 Å². The van der Waals surface area contributed by atoms with Gasteiger partial charge in [0.05, 0.1) is 15.6 Å². The fraction of sp³-hybridized carbons (Fsp3) is 0.538. The first-order valence-corrected chi connectivity index (χ1v) is 6.68. The molecule has 0 amide bonds. The molecule has 86 valence electrons. The summed E-state index contributed by atoms with van der Waals surface area (Å²) >= 11 is 1.52. The van der Waals surface area contributed by atoms with Crippen LogP contribution in [-0.2, 0) is 0 Å². The van der Waals surface area contributed by atoms with Crippen molar-refractivity contribution in [3.05, 3.63) is 27.2 Å². The Labute approximate surface area is 100 Å². The van der Waals surface area contributed by atoms with Crippen LogP contribution in [0.25, 0.3) is 0 Å². The van der Waals surface area contributed by atoms with Gasteiger partial charge in [0.25, 0.3) is 0 Å². The van der Waals surface area contributed by atoms with Crippen molar-refractivity contribution in [3.63, 3.8) is 0 Å². The van der Waals surface area contributed by atoms with E-state index in [4.69, 9.17) is 0 Å². The summed E-state index contributed by atoms with van der Waals surface area (Å²) in [4.78, 5) is 17.4. The highest BCUT2D eigenvalue weighted by Gasteiger charge is 2.18. The van der Waals surface area contributed by atoms with Gasteiger partial charge in [0, 0.05) is 0 Å². The maximum absolute atomic E-state index is 12.3. The number of nitrogens with zero attached hydrogens (tertiary/aromatic N) is 1. The summed E-state index contributed by atoms with van der Waals surface area (Å²) < 4.78 is 0. The SMILES string of the molecule is Cc1nc(C)c(C(=O)C2=CCCCCC2)s1. The van der Waals surface area contributed by atoms with Crippen LogP contribution in [0.15, 0.2) is 11.6 Å². The summed E-state index contributed by atoms with van der Waals surface area (Å²) in [6, 6.07) is 0. The first-order valence-electron chi connectivity index (χ1n) is 5.86. The molecule has 1 heterocycles. The molecule has 0 bridgehead atoms. The van der Waals surface area contributed by atoms with Gasteiger partial charge < -0.3 is 0 Å². The monoisotopic (exact) mass is 235 g/mol. The van der Waals surface area contributed by atoms with Crippen molar-refractivity contribution in [1.82, 2.24) is 4.98 Å². The Balaban J connectivity index is 2.24. The highest BCUT2D eigenvalue weighted by atomic mass is 32.1. The molecule has 0 saturated carbocycles. The van der Waals surface area contributed by atoms with Gasteiger partial charge >= 0.3 is 0 Å². The van der Waals surface area contributed by atoms with Gasteiger partial charge in [-0.3, -0.25) is 4.79 Å². The molecule has 16 heavy (non-hydrogen) atoms. The van der Waals surface area contributed by atoms with Gasteiger partial charge in [0.2, 0.25) is 5.78 Å². The number of aryl methyl sites for hydroxylation is 2. The largest absolute Gasteiger partial charge is 0.288 e. The molecular weight excluding hydrogens is 218 g/mol. The van der Waals surface area contributed by atoms with Crippen LogP contribution in [0, 0.1) is 13.8 Å². The third kappa shape index (κ3) is 2.40. The number of rotatable bonds is 2. The summed E-state index contributed by atoms with van der Waals surface area (Å²) in [5.41, 5.74) is 1.89. The summed E-state index contributed by atoms with van der Waals surface area (Å²) in [5.74, 6) is 0.213. The third-order valence-electron chi connectivity index (χ3n) is 2.94. The molecule has 3 heteroatoms. The maximum atomic E-state index is 12.3. The van der Waals surface area contributed by atoms with Gasteiger partial charge in [-0.25, -0.2) is 4.98 Å². The second kappa shape index (κ2) is 4.91. The van der Waals surface area contributed by atoms with Crippen molar-refractivity contribution >= 4 is 17.1 Å². The molecular formula is C13H17NOS. The average Bonchev–Trinajstić information content (AvgIpc) is 2.49. The summed E-state index contributed by atoms with van der Waals surface area (Å²) in [7, 11) is 0. The lowest BCUT2D eigenvalue weighted by molar-refractivity contribution is 0.103. The number of carbonyl (C=O) groups excluding carboxylic acids is 1. The van der Waals surface area contributed by atoms with Crippen molar-refractivity contribution in [1.29, 1.82) is 0 Å². The number of Topliss-reactive ketones (excluding diaryl/α,β-unsaturated/α-hetero) is 1.